The average Bonchev–Trinajstić information content (AvgIpc) is 2.87. The quantitative estimate of drug-likeness (QED) is 0.768. The van der Waals surface area contributed by atoms with Gasteiger partial charge in [-0.15, -0.1) is 0 Å². The summed E-state index contributed by atoms with van der Waals surface area (Å²) < 4.78 is 14.7. The molecule has 2 heterocycles. The Kier molecular flexibility index (Phi) is 2.98. The monoisotopic (exact) mass is 271 g/mol. The fourth-order valence-corrected chi connectivity index (χ4v) is 2.09. The molecule has 0 aliphatic carbocycles. The Morgan fingerprint density at radius 2 is 2.05 bits per heavy atom. The van der Waals surface area contributed by atoms with Gasteiger partial charge in [-0.2, -0.15) is 0 Å². The predicted molar refractivity (Wildman–Crippen MR) is 75.8 cm³/mol. The zero-order chi connectivity index (χ0) is 14.1. The lowest BCUT2D eigenvalue weighted by Crippen LogP contribution is -2.10. The van der Waals surface area contributed by atoms with Crippen molar-refractivity contribution in [2.24, 2.45) is 0 Å². The van der Waals surface area contributed by atoms with Crippen molar-refractivity contribution >= 4 is 17.3 Å². The van der Waals surface area contributed by atoms with Crippen molar-refractivity contribution < 1.29 is 4.39 Å². The van der Waals surface area contributed by atoms with E-state index in [1.807, 2.05) is 11.3 Å². The predicted octanol–water partition coefficient (Wildman–Crippen LogP) is 2.62. The lowest BCUT2D eigenvalue weighted by molar-refractivity contribution is 0.626. The number of imidazole rings is 1. The number of aromatic nitrogens is 3. The highest BCUT2D eigenvalue weighted by atomic mass is 19.1. The molecule has 3 aromatic rings. The molecule has 0 aliphatic rings. The van der Waals surface area contributed by atoms with Crippen LogP contribution < -0.4 is 11.1 Å². The number of nitrogens with one attached hydrogen (secondary N) is 1. The topological polar surface area (TPSA) is 68.2 Å². The summed E-state index contributed by atoms with van der Waals surface area (Å²) in [7, 11) is 0. The van der Waals surface area contributed by atoms with Crippen LogP contribution in [0.5, 0.6) is 0 Å². The molecule has 0 spiro atoms. The van der Waals surface area contributed by atoms with E-state index in [0.717, 1.165) is 5.56 Å². The highest BCUT2D eigenvalue weighted by Gasteiger charge is 2.11. The molecule has 0 saturated heterocycles. The summed E-state index contributed by atoms with van der Waals surface area (Å²) in [6.45, 7) is 1.97. The lowest BCUT2D eigenvalue weighted by Gasteiger charge is -2.15. The molecule has 0 aliphatic heterocycles. The molecule has 6 heteroatoms. The smallest absolute Gasteiger partial charge is 0.180 e. The summed E-state index contributed by atoms with van der Waals surface area (Å²) >= 11 is 0. The van der Waals surface area contributed by atoms with E-state index in [0.29, 0.717) is 17.3 Å². The number of hydrogen-bond donors (Lipinski definition) is 2. The first kappa shape index (κ1) is 12.4. The third kappa shape index (κ3) is 2.27. The second-order valence-corrected chi connectivity index (χ2v) is 4.59. The van der Waals surface area contributed by atoms with Gasteiger partial charge in [0.1, 0.15) is 11.6 Å². The molecule has 5 nitrogen and oxygen atoms in total. The lowest BCUT2D eigenvalue weighted by atomic mass is 10.1. The number of halogens is 1. The van der Waals surface area contributed by atoms with Crippen LogP contribution in [0.3, 0.4) is 0 Å². The minimum absolute atomic E-state index is 0.0367. The Morgan fingerprint density at radius 1 is 1.30 bits per heavy atom. The van der Waals surface area contributed by atoms with E-state index in [-0.39, 0.29) is 11.9 Å². The molecule has 102 valence electrons. The summed E-state index contributed by atoms with van der Waals surface area (Å²) in [6, 6.07) is 6.31. The summed E-state index contributed by atoms with van der Waals surface area (Å²) in [5.41, 5.74) is 7.43. The normalized spacial score (nSPS) is 12.5. The zero-order valence-electron chi connectivity index (χ0n) is 10.9. The number of nitrogen functional groups attached to an aromatic ring is 1. The van der Waals surface area contributed by atoms with Crippen LogP contribution in [-0.4, -0.2) is 14.4 Å². The van der Waals surface area contributed by atoms with E-state index in [1.54, 1.807) is 30.7 Å². The molecule has 0 radical (unpaired) electrons. The van der Waals surface area contributed by atoms with Crippen molar-refractivity contribution in [1.29, 1.82) is 0 Å². The number of rotatable bonds is 3. The van der Waals surface area contributed by atoms with E-state index < -0.39 is 0 Å². The average molecular weight is 271 g/mol. The first-order chi connectivity index (χ1) is 9.63. The van der Waals surface area contributed by atoms with E-state index in [2.05, 4.69) is 15.3 Å². The number of hydrogen-bond acceptors (Lipinski definition) is 4. The summed E-state index contributed by atoms with van der Waals surface area (Å²) in [6.07, 6.45) is 5.20. The van der Waals surface area contributed by atoms with Crippen LogP contribution in [0.1, 0.15) is 18.5 Å². The van der Waals surface area contributed by atoms with Crippen molar-refractivity contribution in [1.82, 2.24) is 14.4 Å². The van der Waals surface area contributed by atoms with Crippen molar-refractivity contribution in [3.8, 4) is 0 Å². The SMILES string of the molecule is CC(Nc1nc(N)cn2ccnc12)c1ccc(F)cc1. The minimum atomic E-state index is -0.251. The fourth-order valence-electron chi connectivity index (χ4n) is 2.09. The Labute approximate surface area is 115 Å². The van der Waals surface area contributed by atoms with Crippen LogP contribution in [0.25, 0.3) is 5.65 Å². The maximum absolute atomic E-state index is 12.9. The van der Waals surface area contributed by atoms with E-state index >= 15 is 0 Å². The standard InChI is InChI=1S/C14H14FN5/c1-9(10-2-4-11(15)5-3-10)18-13-14-17-6-7-20(14)8-12(16)19-13/h2-9H,16H2,1H3,(H,18,19). The Balaban J connectivity index is 1.92. The van der Waals surface area contributed by atoms with Crippen LogP contribution in [0.15, 0.2) is 42.9 Å². The minimum Gasteiger partial charge on any atom is -0.382 e. The van der Waals surface area contributed by atoms with Crippen molar-refractivity contribution in [2.45, 2.75) is 13.0 Å². The fraction of sp³-hybridized carbons (Fsp3) is 0.143. The molecule has 1 unspecified atom stereocenters. The molecule has 2 aromatic heterocycles. The third-order valence-electron chi connectivity index (χ3n) is 3.12. The number of anilines is 2. The van der Waals surface area contributed by atoms with Gasteiger partial charge in [0.2, 0.25) is 0 Å². The van der Waals surface area contributed by atoms with Crippen molar-refractivity contribution in [2.75, 3.05) is 11.1 Å². The second-order valence-electron chi connectivity index (χ2n) is 4.59. The molecule has 0 bridgehead atoms. The highest BCUT2D eigenvalue weighted by Crippen LogP contribution is 2.21. The Hall–Kier alpha value is -2.63. The molecule has 0 amide bonds. The molecular formula is C14H14FN5. The Morgan fingerprint density at radius 3 is 2.80 bits per heavy atom. The first-order valence-corrected chi connectivity index (χ1v) is 6.24. The van der Waals surface area contributed by atoms with Gasteiger partial charge in [0.15, 0.2) is 11.5 Å². The van der Waals surface area contributed by atoms with Gasteiger partial charge in [-0.1, -0.05) is 12.1 Å². The number of fused-ring (bicyclic) bond motifs is 1. The van der Waals surface area contributed by atoms with E-state index in [1.165, 1.54) is 12.1 Å². The molecule has 3 rings (SSSR count). The van der Waals surface area contributed by atoms with Gasteiger partial charge in [-0.05, 0) is 24.6 Å². The molecule has 1 atom stereocenters. The van der Waals surface area contributed by atoms with Crippen LogP contribution in [0, 0.1) is 5.82 Å². The third-order valence-corrected chi connectivity index (χ3v) is 3.12. The zero-order valence-corrected chi connectivity index (χ0v) is 10.9. The molecular weight excluding hydrogens is 257 g/mol. The highest BCUT2D eigenvalue weighted by molar-refractivity contribution is 5.65. The first-order valence-electron chi connectivity index (χ1n) is 6.24. The summed E-state index contributed by atoms with van der Waals surface area (Å²) in [5, 5.41) is 3.25. The van der Waals surface area contributed by atoms with Gasteiger partial charge in [0, 0.05) is 12.4 Å². The maximum atomic E-state index is 12.9. The summed E-state index contributed by atoms with van der Waals surface area (Å²) in [5.74, 6) is 0.759. The van der Waals surface area contributed by atoms with Crippen LogP contribution in [0.2, 0.25) is 0 Å². The Bertz CT molecular complexity index is 735. The van der Waals surface area contributed by atoms with Gasteiger partial charge in [0.05, 0.1) is 12.2 Å². The number of nitrogens with two attached hydrogens (primary N) is 1. The molecule has 0 fully saturated rings. The van der Waals surface area contributed by atoms with Crippen LogP contribution >= 0.6 is 0 Å². The van der Waals surface area contributed by atoms with Crippen LogP contribution in [-0.2, 0) is 0 Å². The number of benzene rings is 1. The van der Waals surface area contributed by atoms with Gasteiger partial charge in [-0.25, -0.2) is 14.4 Å². The summed E-state index contributed by atoms with van der Waals surface area (Å²) in [4.78, 5) is 8.51. The van der Waals surface area contributed by atoms with Crippen molar-refractivity contribution in [3.63, 3.8) is 0 Å². The molecule has 3 N–H and O–H groups in total. The van der Waals surface area contributed by atoms with Gasteiger partial charge < -0.3 is 15.5 Å². The largest absolute Gasteiger partial charge is 0.382 e. The molecule has 20 heavy (non-hydrogen) atoms. The van der Waals surface area contributed by atoms with Gasteiger partial charge in [0.25, 0.3) is 0 Å². The molecule has 0 saturated carbocycles. The number of nitrogens with zero attached hydrogens (tertiary/aromatic N) is 3. The van der Waals surface area contributed by atoms with E-state index in [4.69, 9.17) is 5.73 Å². The van der Waals surface area contributed by atoms with Crippen LogP contribution in [0.4, 0.5) is 16.0 Å². The van der Waals surface area contributed by atoms with Crippen molar-refractivity contribution in [3.05, 3.63) is 54.2 Å². The van der Waals surface area contributed by atoms with E-state index in [9.17, 15) is 4.39 Å². The molecule has 1 aromatic carbocycles. The maximum Gasteiger partial charge on any atom is 0.180 e. The second kappa shape index (κ2) is 4.80. The van der Waals surface area contributed by atoms with Gasteiger partial charge in [-0.3, -0.25) is 0 Å². The van der Waals surface area contributed by atoms with Gasteiger partial charge >= 0.3 is 0 Å².